The monoisotopic (exact) mass is 293 g/mol. The number of amides is 1. The van der Waals surface area contributed by atoms with E-state index in [0.29, 0.717) is 25.9 Å². The second kappa shape index (κ2) is 9.00. The van der Waals surface area contributed by atoms with E-state index in [4.69, 9.17) is 9.84 Å². The average Bonchev–Trinajstić information content (AvgIpc) is 2.44. The Morgan fingerprint density at radius 1 is 1.24 bits per heavy atom. The van der Waals surface area contributed by atoms with Crippen molar-refractivity contribution in [1.82, 2.24) is 5.32 Å². The van der Waals surface area contributed by atoms with Gasteiger partial charge in [0.1, 0.15) is 5.75 Å². The van der Waals surface area contributed by atoms with Gasteiger partial charge in [0.15, 0.2) is 0 Å². The van der Waals surface area contributed by atoms with Crippen LogP contribution >= 0.6 is 0 Å². The second-order valence-corrected chi connectivity index (χ2v) is 4.86. The third kappa shape index (κ3) is 6.29. The number of carbonyl (C=O) groups is 2. The van der Waals surface area contributed by atoms with Crippen LogP contribution < -0.4 is 10.1 Å². The number of ether oxygens (including phenoxy) is 1. The first-order valence-electron chi connectivity index (χ1n) is 7.27. The molecule has 0 saturated carbocycles. The molecular weight excluding hydrogens is 270 g/mol. The summed E-state index contributed by atoms with van der Waals surface area (Å²) in [4.78, 5) is 22.2. The number of hydrogen-bond donors (Lipinski definition) is 2. The molecule has 0 aromatic heterocycles. The molecule has 2 N–H and O–H groups in total. The molecule has 21 heavy (non-hydrogen) atoms. The highest BCUT2D eigenvalue weighted by atomic mass is 16.5. The minimum atomic E-state index is -0.825. The molecule has 5 nitrogen and oxygen atoms in total. The molecule has 1 unspecified atom stereocenters. The number of para-hydroxylation sites is 1. The standard InChI is InChI=1S/C16H23NO4/c1-3-21-14-9-5-4-8-13(14)12(2)17-15(18)10-6-7-11-16(19)20/h4-5,8-9,12H,3,6-7,10-11H2,1-2H3,(H,17,18)(H,19,20). The van der Waals surface area contributed by atoms with E-state index in [1.807, 2.05) is 38.1 Å². The van der Waals surface area contributed by atoms with Gasteiger partial charge in [-0.05, 0) is 32.8 Å². The van der Waals surface area contributed by atoms with Crippen LogP contribution in [0, 0.1) is 0 Å². The molecule has 0 radical (unpaired) electrons. The molecule has 0 heterocycles. The van der Waals surface area contributed by atoms with Crippen molar-refractivity contribution in [1.29, 1.82) is 0 Å². The van der Waals surface area contributed by atoms with E-state index in [1.165, 1.54) is 0 Å². The van der Waals surface area contributed by atoms with E-state index in [0.717, 1.165) is 11.3 Å². The smallest absolute Gasteiger partial charge is 0.303 e. The molecule has 1 rings (SSSR count). The zero-order valence-electron chi connectivity index (χ0n) is 12.6. The lowest BCUT2D eigenvalue weighted by Crippen LogP contribution is -2.26. The van der Waals surface area contributed by atoms with Crippen LogP contribution in [0.2, 0.25) is 0 Å². The summed E-state index contributed by atoms with van der Waals surface area (Å²) in [6, 6.07) is 7.48. The first kappa shape index (κ1) is 17.0. The Bertz CT molecular complexity index is 473. The normalized spacial score (nSPS) is 11.7. The highest BCUT2D eigenvalue weighted by molar-refractivity contribution is 5.76. The number of unbranched alkanes of at least 4 members (excludes halogenated alkanes) is 1. The van der Waals surface area contributed by atoms with Crippen molar-refractivity contribution in [2.24, 2.45) is 0 Å². The number of hydrogen-bond acceptors (Lipinski definition) is 3. The van der Waals surface area contributed by atoms with Crippen LogP contribution in [0.4, 0.5) is 0 Å². The van der Waals surface area contributed by atoms with E-state index in [2.05, 4.69) is 5.32 Å². The van der Waals surface area contributed by atoms with Gasteiger partial charge in [0, 0.05) is 18.4 Å². The van der Waals surface area contributed by atoms with Gasteiger partial charge in [-0.15, -0.1) is 0 Å². The summed E-state index contributed by atoms with van der Waals surface area (Å²) >= 11 is 0. The number of carbonyl (C=O) groups excluding carboxylic acids is 1. The summed E-state index contributed by atoms with van der Waals surface area (Å²) in [5.74, 6) is -0.118. The minimum Gasteiger partial charge on any atom is -0.494 e. The highest BCUT2D eigenvalue weighted by Crippen LogP contribution is 2.24. The largest absolute Gasteiger partial charge is 0.494 e. The van der Waals surface area contributed by atoms with Crippen molar-refractivity contribution in [3.8, 4) is 5.75 Å². The van der Waals surface area contributed by atoms with E-state index in [-0.39, 0.29) is 18.4 Å². The van der Waals surface area contributed by atoms with Crippen LogP contribution in [0.1, 0.15) is 51.1 Å². The van der Waals surface area contributed by atoms with E-state index >= 15 is 0 Å². The highest BCUT2D eigenvalue weighted by Gasteiger charge is 2.13. The predicted octanol–water partition coefficient (Wildman–Crippen LogP) is 2.91. The van der Waals surface area contributed by atoms with Crippen LogP contribution in [0.5, 0.6) is 5.75 Å². The molecule has 0 saturated heterocycles. The van der Waals surface area contributed by atoms with E-state index in [1.54, 1.807) is 0 Å². The summed E-state index contributed by atoms with van der Waals surface area (Å²) in [7, 11) is 0. The third-order valence-corrected chi connectivity index (χ3v) is 3.11. The first-order chi connectivity index (χ1) is 10.0. The number of nitrogens with one attached hydrogen (secondary N) is 1. The van der Waals surface area contributed by atoms with Crippen molar-refractivity contribution in [2.75, 3.05) is 6.61 Å². The molecule has 0 fully saturated rings. The fraction of sp³-hybridized carbons (Fsp3) is 0.500. The van der Waals surface area contributed by atoms with E-state index in [9.17, 15) is 9.59 Å². The molecule has 0 spiro atoms. The van der Waals surface area contributed by atoms with Crippen LogP contribution in [0.25, 0.3) is 0 Å². The Morgan fingerprint density at radius 2 is 1.90 bits per heavy atom. The number of rotatable bonds is 9. The molecule has 1 atom stereocenters. The first-order valence-corrected chi connectivity index (χ1v) is 7.27. The fourth-order valence-electron chi connectivity index (χ4n) is 2.08. The third-order valence-electron chi connectivity index (χ3n) is 3.11. The molecule has 0 bridgehead atoms. The van der Waals surface area contributed by atoms with Gasteiger partial charge < -0.3 is 15.2 Å². The summed E-state index contributed by atoms with van der Waals surface area (Å²) in [5.41, 5.74) is 0.943. The molecular formula is C16H23NO4. The maximum absolute atomic E-state index is 11.8. The van der Waals surface area contributed by atoms with Gasteiger partial charge in [0.25, 0.3) is 0 Å². The second-order valence-electron chi connectivity index (χ2n) is 4.86. The number of benzene rings is 1. The lowest BCUT2D eigenvalue weighted by molar-refractivity contribution is -0.137. The van der Waals surface area contributed by atoms with Gasteiger partial charge >= 0.3 is 5.97 Å². The molecule has 116 valence electrons. The summed E-state index contributed by atoms with van der Waals surface area (Å²) in [6.07, 6.45) is 1.55. The molecule has 5 heteroatoms. The Balaban J connectivity index is 2.47. The zero-order chi connectivity index (χ0) is 15.7. The molecule has 1 amide bonds. The predicted molar refractivity (Wildman–Crippen MR) is 80.3 cm³/mol. The Labute approximate surface area is 125 Å². The minimum absolute atomic E-state index is 0.0702. The molecule has 0 aliphatic rings. The van der Waals surface area contributed by atoms with Gasteiger partial charge in [-0.2, -0.15) is 0 Å². The van der Waals surface area contributed by atoms with Gasteiger partial charge in [-0.1, -0.05) is 18.2 Å². The SMILES string of the molecule is CCOc1ccccc1C(C)NC(=O)CCCCC(=O)O. The number of carboxylic acid groups (broad SMARTS) is 1. The Kier molecular flexibility index (Phi) is 7.29. The molecule has 0 aliphatic carbocycles. The molecule has 0 aliphatic heterocycles. The number of carboxylic acids is 1. The summed E-state index contributed by atoms with van der Waals surface area (Å²) < 4.78 is 5.55. The topological polar surface area (TPSA) is 75.6 Å². The fourth-order valence-corrected chi connectivity index (χ4v) is 2.08. The van der Waals surface area contributed by atoms with Gasteiger partial charge in [0.05, 0.1) is 12.6 Å². The number of aliphatic carboxylic acids is 1. The van der Waals surface area contributed by atoms with Crippen molar-refractivity contribution >= 4 is 11.9 Å². The van der Waals surface area contributed by atoms with Crippen LogP contribution in [0.3, 0.4) is 0 Å². The zero-order valence-corrected chi connectivity index (χ0v) is 12.6. The quantitative estimate of drug-likeness (QED) is 0.686. The summed E-state index contributed by atoms with van der Waals surface area (Å²) in [5, 5.41) is 11.5. The van der Waals surface area contributed by atoms with E-state index < -0.39 is 5.97 Å². The maximum Gasteiger partial charge on any atom is 0.303 e. The van der Waals surface area contributed by atoms with Gasteiger partial charge in [-0.3, -0.25) is 9.59 Å². The molecule has 1 aromatic rings. The lowest BCUT2D eigenvalue weighted by atomic mass is 10.1. The Morgan fingerprint density at radius 3 is 2.57 bits per heavy atom. The van der Waals surface area contributed by atoms with Crippen molar-refractivity contribution in [3.63, 3.8) is 0 Å². The summed E-state index contributed by atoms with van der Waals surface area (Å²) in [6.45, 7) is 4.41. The van der Waals surface area contributed by atoms with Crippen LogP contribution in [-0.4, -0.2) is 23.6 Å². The van der Waals surface area contributed by atoms with Gasteiger partial charge in [-0.25, -0.2) is 0 Å². The molecule has 1 aromatic carbocycles. The lowest BCUT2D eigenvalue weighted by Gasteiger charge is -2.18. The average molecular weight is 293 g/mol. The van der Waals surface area contributed by atoms with Crippen molar-refractivity contribution in [3.05, 3.63) is 29.8 Å². The van der Waals surface area contributed by atoms with Crippen LogP contribution in [-0.2, 0) is 9.59 Å². The van der Waals surface area contributed by atoms with Gasteiger partial charge in [0.2, 0.25) is 5.91 Å². The maximum atomic E-state index is 11.8. The van der Waals surface area contributed by atoms with Crippen molar-refractivity contribution < 1.29 is 19.4 Å². The van der Waals surface area contributed by atoms with Crippen molar-refractivity contribution in [2.45, 2.75) is 45.6 Å². The Hall–Kier alpha value is -2.04. The van der Waals surface area contributed by atoms with Crippen LogP contribution in [0.15, 0.2) is 24.3 Å².